The van der Waals surface area contributed by atoms with Crippen molar-refractivity contribution in [2.24, 2.45) is 11.1 Å². The van der Waals surface area contributed by atoms with E-state index in [-0.39, 0.29) is 33.0 Å². The molecule has 0 spiro atoms. The number of hydrogen-bond donors (Lipinski definition) is 1. The zero-order valence-corrected chi connectivity index (χ0v) is 18.4. The number of hydrogen-bond acceptors (Lipinski definition) is 5. The first-order valence-corrected chi connectivity index (χ1v) is 10.6. The van der Waals surface area contributed by atoms with E-state index >= 15 is 0 Å². The number of nitrogens with one attached hydrogen (secondary N) is 1. The van der Waals surface area contributed by atoms with E-state index in [1.807, 2.05) is 0 Å². The molecule has 0 radical (unpaired) electrons. The Morgan fingerprint density at radius 3 is 2.53 bits per heavy atom. The summed E-state index contributed by atoms with van der Waals surface area (Å²) in [6.07, 6.45) is -5.00. The van der Waals surface area contributed by atoms with Gasteiger partial charge in [-0.05, 0) is 42.3 Å². The first kappa shape index (κ1) is 23.0. The molecule has 5 nitrogen and oxygen atoms in total. The van der Waals surface area contributed by atoms with E-state index in [1.165, 1.54) is 18.2 Å². The van der Waals surface area contributed by atoms with Gasteiger partial charge in [-0.25, -0.2) is 5.48 Å². The number of oxime groups is 1. The van der Waals surface area contributed by atoms with Crippen LogP contribution in [0.1, 0.15) is 39.9 Å². The largest absolute Gasteiger partial charge is 0.435 e. The van der Waals surface area contributed by atoms with E-state index in [1.54, 1.807) is 25.1 Å². The average molecular weight is 487 g/mol. The highest BCUT2D eigenvalue weighted by atomic mass is 35.5. The SMILES string of the molecule is Cc1cc(C2=NO[C@@](c3cc(Cl)cc(Cl)c3)(C(F)(F)F)C2)ccc1C(=O)C[C@@H]1CNOC1. The maximum atomic E-state index is 14.2. The molecule has 170 valence electrons. The standard InChI is InChI=1S/C22H19Cl2F3N2O3/c1-12-4-14(2-3-18(12)20(30)5-13-10-28-31-11-13)19-9-21(32-29-19,22(25,26)27)15-6-16(23)8-17(24)7-15/h2-4,6-8,13,28H,5,9-11H2,1H3/t13-,21+/m1/s1. The molecular formula is C22H19Cl2F3N2O3. The van der Waals surface area contributed by atoms with Crippen molar-refractivity contribution < 1.29 is 27.6 Å². The molecule has 1 saturated heterocycles. The molecular weight excluding hydrogens is 468 g/mol. The van der Waals surface area contributed by atoms with Crippen LogP contribution >= 0.6 is 23.2 Å². The number of benzene rings is 2. The molecule has 0 aromatic heterocycles. The maximum Gasteiger partial charge on any atom is 0.435 e. The highest BCUT2D eigenvalue weighted by Gasteiger charge is 2.62. The van der Waals surface area contributed by atoms with Gasteiger partial charge in [-0.2, -0.15) is 13.2 Å². The molecule has 0 aliphatic carbocycles. The molecule has 0 saturated carbocycles. The molecule has 0 amide bonds. The van der Waals surface area contributed by atoms with Gasteiger partial charge in [-0.3, -0.25) is 4.79 Å². The van der Waals surface area contributed by atoms with Crippen LogP contribution in [0.25, 0.3) is 0 Å². The molecule has 2 aromatic carbocycles. The normalized spacial score (nSPS) is 23.2. The van der Waals surface area contributed by atoms with E-state index in [0.717, 1.165) is 0 Å². The minimum Gasteiger partial charge on any atom is -0.374 e. The molecule has 2 atom stereocenters. The molecule has 2 heterocycles. The minimum absolute atomic E-state index is 0.0471. The molecule has 10 heteroatoms. The third-order valence-corrected chi connectivity index (χ3v) is 6.08. The van der Waals surface area contributed by atoms with Gasteiger partial charge in [-0.15, -0.1) is 0 Å². The minimum atomic E-state index is -4.77. The van der Waals surface area contributed by atoms with Gasteiger partial charge in [0, 0.05) is 46.5 Å². The molecule has 2 aromatic rings. The summed E-state index contributed by atoms with van der Waals surface area (Å²) in [5.41, 5.74) is 1.55. The van der Waals surface area contributed by atoms with Gasteiger partial charge in [0.1, 0.15) is 0 Å². The quantitative estimate of drug-likeness (QED) is 0.558. The smallest absolute Gasteiger partial charge is 0.374 e. The van der Waals surface area contributed by atoms with E-state index < -0.39 is 18.2 Å². The van der Waals surface area contributed by atoms with Crippen molar-refractivity contribution in [3.05, 3.63) is 68.7 Å². The Bertz CT molecular complexity index is 1060. The highest BCUT2D eigenvalue weighted by Crippen LogP contribution is 2.49. The highest BCUT2D eigenvalue weighted by molar-refractivity contribution is 6.34. The molecule has 2 aliphatic heterocycles. The van der Waals surface area contributed by atoms with Gasteiger partial charge in [0.25, 0.3) is 5.60 Å². The van der Waals surface area contributed by atoms with Crippen LogP contribution in [0.15, 0.2) is 41.6 Å². The van der Waals surface area contributed by atoms with Crippen LogP contribution in [-0.2, 0) is 15.3 Å². The molecule has 0 unspecified atom stereocenters. The second-order valence-corrected chi connectivity index (χ2v) is 8.84. The number of carbonyl (C=O) groups is 1. The summed E-state index contributed by atoms with van der Waals surface area (Å²) in [6, 6.07) is 8.55. The van der Waals surface area contributed by atoms with Crippen LogP contribution in [0, 0.1) is 12.8 Å². The number of carbonyl (C=O) groups excluding carboxylic acids is 1. The predicted molar refractivity (Wildman–Crippen MR) is 114 cm³/mol. The predicted octanol–water partition coefficient (Wildman–Crippen LogP) is 5.61. The van der Waals surface area contributed by atoms with E-state index in [0.29, 0.717) is 36.3 Å². The Kier molecular flexibility index (Phi) is 6.24. The number of alkyl halides is 3. The summed E-state index contributed by atoms with van der Waals surface area (Å²) in [4.78, 5) is 22.7. The lowest BCUT2D eigenvalue weighted by Crippen LogP contribution is -2.42. The molecule has 2 aliphatic rings. The van der Waals surface area contributed by atoms with Gasteiger partial charge in [0.15, 0.2) is 5.78 Å². The topological polar surface area (TPSA) is 59.9 Å². The number of halogens is 5. The van der Waals surface area contributed by atoms with Gasteiger partial charge >= 0.3 is 6.18 Å². The summed E-state index contributed by atoms with van der Waals surface area (Å²) >= 11 is 11.9. The summed E-state index contributed by atoms with van der Waals surface area (Å²) in [5, 5.41) is 3.89. The van der Waals surface area contributed by atoms with Gasteiger partial charge in [0.2, 0.25) is 0 Å². The number of rotatable bonds is 5. The molecule has 0 bridgehead atoms. The molecule has 1 N–H and O–H groups in total. The fraction of sp³-hybridized carbons (Fsp3) is 0.364. The Morgan fingerprint density at radius 2 is 1.94 bits per heavy atom. The molecule has 4 rings (SSSR count). The number of ketones is 1. The van der Waals surface area contributed by atoms with E-state index in [9.17, 15) is 18.0 Å². The van der Waals surface area contributed by atoms with Crippen LogP contribution < -0.4 is 5.48 Å². The second kappa shape index (κ2) is 8.67. The fourth-order valence-electron chi connectivity index (χ4n) is 3.92. The van der Waals surface area contributed by atoms with Gasteiger partial charge < -0.3 is 9.68 Å². The van der Waals surface area contributed by atoms with Gasteiger partial charge in [-0.1, -0.05) is 40.5 Å². The molecule has 32 heavy (non-hydrogen) atoms. The molecule has 1 fully saturated rings. The zero-order valence-electron chi connectivity index (χ0n) is 16.9. The van der Waals surface area contributed by atoms with Crippen LogP contribution in [0.4, 0.5) is 13.2 Å². The number of aryl methyl sites for hydroxylation is 1. The van der Waals surface area contributed by atoms with Crippen molar-refractivity contribution >= 4 is 34.7 Å². The van der Waals surface area contributed by atoms with Crippen molar-refractivity contribution in [1.82, 2.24) is 5.48 Å². The summed E-state index contributed by atoms with van der Waals surface area (Å²) in [7, 11) is 0. The third-order valence-electron chi connectivity index (χ3n) is 5.64. The Morgan fingerprint density at radius 1 is 1.22 bits per heavy atom. The lowest BCUT2D eigenvalue weighted by atomic mass is 9.86. The average Bonchev–Trinajstić information content (AvgIpc) is 3.37. The maximum absolute atomic E-state index is 14.2. The number of nitrogens with zero attached hydrogens (tertiary/aromatic N) is 1. The van der Waals surface area contributed by atoms with E-state index in [2.05, 4.69) is 10.6 Å². The van der Waals surface area contributed by atoms with Crippen molar-refractivity contribution in [3.8, 4) is 0 Å². The lowest BCUT2D eigenvalue weighted by Gasteiger charge is -2.29. The Balaban J connectivity index is 1.59. The van der Waals surface area contributed by atoms with Crippen molar-refractivity contribution in [1.29, 1.82) is 0 Å². The second-order valence-electron chi connectivity index (χ2n) is 7.97. The van der Waals surface area contributed by atoms with Crippen molar-refractivity contribution in [2.75, 3.05) is 13.2 Å². The van der Waals surface area contributed by atoms with Crippen LogP contribution in [0.2, 0.25) is 10.0 Å². The van der Waals surface area contributed by atoms with Crippen LogP contribution in [0.3, 0.4) is 0 Å². The summed E-state index contributed by atoms with van der Waals surface area (Å²) in [6.45, 7) is 2.80. The monoisotopic (exact) mass is 486 g/mol. The fourth-order valence-corrected chi connectivity index (χ4v) is 4.44. The first-order chi connectivity index (χ1) is 15.1. The van der Waals surface area contributed by atoms with Crippen molar-refractivity contribution in [3.63, 3.8) is 0 Å². The zero-order chi connectivity index (χ0) is 23.1. The summed E-state index contributed by atoms with van der Waals surface area (Å²) in [5.74, 6) is 0.0419. The number of hydroxylamine groups is 1. The number of Topliss-reactive ketones (excluding diaryl/α,β-unsaturated/α-hetero) is 1. The Labute approximate surface area is 192 Å². The van der Waals surface area contributed by atoms with Crippen LogP contribution in [0.5, 0.6) is 0 Å². The van der Waals surface area contributed by atoms with E-state index in [4.69, 9.17) is 32.9 Å². The van der Waals surface area contributed by atoms with Crippen LogP contribution in [-0.4, -0.2) is 30.8 Å². The van der Waals surface area contributed by atoms with Gasteiger partial charge in [0.05, 0.1) is 12.3 Å². The summed E-state index contributed by atoms with van der Waals surface area (Å²) < 4.78 is 42.5. The van der Waals surface area contributed by atoms with Crippen molar-refractivity contribution in [2.45, 2.75) is 31.5 Å². The third kappa shape index (κ3) is 4.37. The Hall–Kier alpha value is -2.13. The first-order valence-electron chi connectivity index (χ1n) is 9.86. The lowest BCUT2D eigenvalue weighted by molar-refractivity contribution is -0.275.